The Labute approximate surface area is 136 Å². The van der Waals surface area contributed by atoms with Crippen molar-refractivity contribution in [3.8, 4) is 0 Å². The molecule has 1 aliphatic rings. The Morgan fingerprint density at radius 2 is 1.81 bits per heavy atom. The Kier molecular flexibility index (Phi) is 5.54. The molecule has 0 unspecified atom stereocenters. The van der Waals surface area contributed by atoms with Crippen LogP contribution in [0.3, 0.4) is 0 Å². The molecule has 1 saturated carbocycles. The number of nitrogens with one attached hydrogen (secondary N) is 1. The highest BCUT2D eigenvalue weighted by Gasteiger charge is 2.26. The second kappa shape index (κ2) is 6.84. The quantitative estimate of drug-likeness (QED) is 0.820. The minimum absolute atomic E-state index is 0.130. The van der Waals surface area contributed by atoms with E-state index in [4.69, 9.17) is 23.2 Å². The summed E-state index contributed by atoms with van der Waals surface area (Å²) in [6.45, 7) is 4.99. The van der Waals surface area contributed by atoms with E-state index in [9.17, 15) is 8.42 Å². The van der Waals surface area contributed by atoms with Gasteiger partial charge in [0.1, 0.15) is 4.90 Å². The fraction of sp³-hybridized carbons (Fsp3) is 0.571. The van der Waals surface area contributed by atoms with Gasteiger partial charge in [-0.15, -0.1) is 0 Å². The van der Waals surface area contributed by atoms with Crippen LogP contribution in [0.25, 0.3) is 0 Å². The molecule has 0 atom stereocenters. The molecular formula is C14H20Cl2N2O2S. The third-order valence-corrected chi connectivity index (χ3v) is 6.45. The summed E-state index contributed by atoms with van der Waals surface area (Å²) < 4.78 is 26.6. The lowest BCUT2D eigenvalue weighted by molar-refractivity contribution is 0.445. The Morgan fingerprint density at radius 1 is 1.19 bits per heavy atom. The lowest BCUT2D eigenvalue weighted by atomic mass is 10.2. The molecule has 0 radical (unpaired) electrons. The number of benzene rings is 1. The van der Waals surface area contributed by atoms with Crippen LogP contribution in [0.2, 0.25) is 10.0 Å². The first-order valence-electron chi connectivity index (χ1n) is 7.11. The van der Waals surface area contributed by atoms with Crippen LogP contribution in [0.15, 0.2) is 17.0 Å². The number of rotatable bonds is 7. The average molecular weight is 351 g/mol. The van der Waals surface area contributed by atoms with Crippen molar-refractivity contribution in [1.29, 1.82) is 0 Å². The normalized spacial score (nSPS) is 15.7. The van der Waals surface area contributed by atoms with E-state index >= 15 is 0 Å². The molecule has 0 aliphatic heterocycles. The molecule has 21 heavy (non-hydrogen) atoms. The summed E-state index contributed by atoms with van der Waals surface area (Å²) >= 11 is 12.3. The van der Waals surface area contributed by atoms with Crippen molar-refractivity contribution in [1.82, 2.24) is 9.62 Å². The lowest BCUT2D eigenvalue weighted by Crippen LogP contribution is -2.31. The van der Waals surface area contributed by atoms with Gasteiger partial charge in [0, 0.05) is 30.7 Å². The van der Waals surface area contributed by atoms with E-state index in [1.807, 2.05) is 0 Å². The smallest absolute Gasteiger partial charge is 0.244 e. The Morgan fingerprint density at radius 3 is 2.33 bits per heavy atom. The minimum atomic E-state index is -3.58. The van der Waals surface area contributed by atoms with Gasteiger partial charge in [0.25, 0.3) is 0 Å². The zero-order valence-electron chi connectivity index (χ0n) is 12.2. The Balaban J connectivity index is 2.35. The van der Waals surface area contributed by atoms with E-state index in [0.717, 1.165) is 18.4 Å². The number of hydrogen-bond donors (Lipinski definition) is 1. The first-order valence-corrected chi connectivity index (χ1v) is 9.31. The van der Waals surface area contributed by atoms with Crippen LogP contribution in [0.4, 0.5) is 0 Å². The Hall–Kier alpha value is -0.330. The van der Waals surface area contributed by atoms with Gasteiger partial charge in [-0.05, 0) is 30.5 Å². The zero-order valence-corrected chi connectivity index (χ0v) is 14.5. The number of hydrogen-bond acceptors (Lipinski definition) is 3. The summed E-state index contributed by atoms with van der Waals surface area (Å²) in [6, 6.07) is 3.64. The second-order valence-electron chi connectivity index (χ2n) is 5.12. The Bertz CT molecular complexity index is 612. The molecule has 1 fully saturated rings. The van der Waals surface area contributed by atoms with Gasteiger partial charge in [-0.2, -0.15) is 4.31 Å². The van der Waals surface area contributed by atoms with Crippen molar-refractivity contribution >= 4 is 33.2 Å². The largest absolute Gasteiger partial charge is 0.310 e. The molecule has 118 valence electrons. The van der Waals surface area contributed by atoms with Gasteiger partial charge in [0.05, 0.1) is 5.02 Å². The highest BCUT2D eigenvalue weighted by molar-refractivity contribution is 7.89. The van der Waals surface area contributed by atoms with Crippen molar-refractivity contribution in [3.63, 3.8) is 0 Å². The highest BCUT2D eigenvalue weighted by Crippen LogP contribution is 2.31. The highest BCUT2D eigenvalue weighted by atomic mass is 35.5. The zero-order chi connectivity index (χ0) is 15.6. The topological polar surface area (TPSA) is 49.4 Å². The van der Waals surface area contributed by atoms with Crippen LogP contribution in [0.1, 0.15) is 32.3 Å². The van der Waals surface area contributed by atoms with Crippen LogP contribution >= 0.6 is 23.2 Å². The predicted octanol–water partition coefficient (Wildman–Crippen LogP) is 3.28. The molecule has 0 aromatic heterocycles. The molecule has 1 N–H and O–H groups in total. The monoisotopic (exact) mass is 350 g/mol. The van der Waals surface area contributed by atoms with Crippen molar-refractivity contribution in [2.45, 2.75) is 44.2 Å². The maximum Gasteiger partial charge on any atom is 0.244 e. The SMILES string of the molecule is CCN(CC)S(=O)(=O)c1cc(CNC2CC2)c(Cl)cc1Cl. The number of sulfonamides is 1. The summed E-state index contributed by atoms with van der Waals surface area (Å²) in [4.78, 5) is 0.130. The van der Waals surface area contributed by atoms with Crippen molar-refractivity contribution < 1.29 is 8.42 Å². The summed E-state index contributed by atoms with van der Waals surface area (Å²) in [5, 5.41) is 3.99. The molecule has 1 aromatic carbocycles. The second-order valence-corrected chi connectivity index (χ2v) is 7.84. The average Bonchev–Trinajstić information content (AvgIpc) is 3.22. The van der Waals surface area contributed by atoms with Gasteiger partial charge in [0.2, 0.25) is 10.0 Å². The number of nitrogens with zero attached hydrogens (tertiary/aromatic N) is 1. The van der Waals surface area contributed by atoms with E-state index < -0.39 is 10.0 Å². The summed E-state index contributed by atoms with van der Waals surface area (Å²) in [7, 11) is -3.58. The maximum absolute atomic E-state index is 12.6. The summed E-state index contributed by atoms with van der Waals surface area (Å²) in [6.07, 6.45) is 2.33. The predicted molar refractivity (Wildman–Crippen MR) is 86.4 cm³/mol. The lowest BCUT2D eigenvalue weighted by Gasteiger charge is -2.20. The fourth-order valence-corrected chi connectivity index (χ4v) is 4.45. The molecule has 0 bridgehead atoms. The summed E-state index contributed by atoms with van der Waals surface area (Å²) in [5.41, 5.74) is 0.763. The van der Waals surface area contributed by atoms with Crippen molar-refractivity contribution in [3.05, 3.63) is 27.7 Å². The van der Waals surface area contributed by atoms with Gasteiger partial charge in [-0.1, -0.05) is 37.0 Å². The molecule has 7 heteroatoms. The van der Waals surface area contributed by atoms with E-state index in [-0.39, 0.29) is 9.92 Å². The molecule has 0 amide bonds. The molecule has 0 spiro atoms. The van der Waals surface area contributed by atoms with Gasteiger partial charge in [-0.3, -0.25) is 0 Å². The van der Waals surface area contributed by atoms with Crippen LogP contribution in [0.5, 0.6) is 0 Å². The third-order valence-electron chi connectivity index (χ3n) is 3.58. The minimum Gasteiger partial charge on any atom is -0.310 e. The van der Waals surface area contributed by atoms with Gasteiger partial charge >= 0.3 is 0 Å². The van der Waals surface area contributed by atoms with Crippen molar-refractivity contribution in [2.24, 2.45) is 0 Å². The van der Waals surface area contributed by atoms with Crippen LogP contribution < -0.4 is 5.32 Å². The van der Waals surface area contributed by atoms with E-state index in [0.29, 0.717) is 30.7 Å². The third kappa shape index (κ3) is 3.90. The van der Waals surface area contributed by atoms with Gasteiger partial charge in [-0.25, -0.2) is 8.42 Å². The van der Waals surface area contributed by atoms with E-state index in [1.165, 1.54) is 10.4 Å². The molecule has 0 saturated heterocycles. The fourth-order valence-electron chi connectivity index (χ4n) is 2.15. The number of halogens is 2. The molecule has 4 nitrogen and oxygen atoms in total. The van der Waals surface area contributed by atoms with E-state index in [2.05, 4.69) is 5.32 Å². The molecule has 1 aliphatic carbocycles. The maximum atomic E-state index is 12.6. The van der Waals surface area contributed by atoms with Crippen LogP contribution in [-0.2, 0) is 16.6 Å². The van der Waals surface area contributed by atoms with Crippen LogP contribution in [-0.4, -0.2) is 31.9 Å². The molecule has 2 rings (SSSR count). The molecular weight excluding hydrogens is 331 g/mol. The standard InChI is InChI=1S/C14H20Cl2N2O2S/c1-3-18(4-2)21(19,20)14-7-10(9-17-11-5-6-11)12(15)8-13(14)16/h7-8,11,17H,3-6,9H2,1-2H3. The summed E-state index contributed by atoms with van der Waals surface area (Å²) in [5.74, 6) is 0. The van der Waals surface area contributed by atoms with Crippen molar-refractivity contribution in [2.75, 3.05) is 13.1 Å². The van der Waals surface area contributed by atoms with E-state index in [1.54, 1.807) is 19.9 Å². The first kappa shape index (κ1) is 17.0. The molecule has 0 heterocycles. The van der Waals surface area contributed by atoms with Crippen LogP contribution in [0, 0.1) is 0 Å². The molecule has 1 aromatic rings. The van der Waals surface area contributed by atoms with Gasteiger partial charge < -0.3 is 5.32 Å². The van der Waals surface area contributed by atoms with Gasteiger partial charge in [0.15, 0.2) is 0 Å². The first-order chi connectivity index (χ1) is 9.90.